The van der Waals surface area contributed by atoms with Gasteiger partial charge in [0, 0.05) is 33.3 Å². The molecule has 3 nitrogen and oxygen atoms in total. The zero-order chi connectivity index (χ0) is 10.9. The third kappa shape index (κ3) is 8.48. The minimum Gasteiger partial charge on any atom is -0.383 e. The minimum absolute atomic E-state index is 0.423. The Morgan fingerprint density at radius 2 is 1.71 bits per heavy atom. The first-order chi connectivity index (χ1) is 6.62. The maximum absolute atomic E-state index is 4.94. The van der Waals surface area contributed by atoms with E-state index in [0.29, 0.717) is 5.41 Å². The van der Waals surface area contributed by atoms with E-state index < -0.39 is 0 Å². The van der Waals surface area contributed by atoms with E-state index >= 15 is 0 Å². The van der Waals surface area contributed by atoms with Gasteiger partial charge in [0.05, 0.1) is 6.61 Å². The Kier molecular flexibility index (Phi) is 8.14. The van der Waals surface area contributed by atoms with Gasteiger partial charge in [-0.25, -0.2) is 0 Å². The van der Waals surface area contributed by atoms with Crippen LogP contribution < -0.4 is 10.6 Å². The van der Waals surface area contributed by atoms with Crippen LogP contribution in [0.25, 0.3) is 0 Å². The fraction of sp³-hybridized carbons (Fsp3) is 1.00. The van der Waals surface area contributed by atoms with Gasteiger partial charge in [0.1, 0.15) is 0 Å². The molecule has 2 N–H and O–H groups in total. The van der Waals surface area contributed by atoms with E-state index in [4.69, 9.17) is 4.74 Å². The summed E-state index contributed by atoms with van der Waals surface area (Å²) in [5.41, 5.74) is 0.423. The van der Waals surface area contributed by atoms with Crippen molar-refractivity contribution in [2.75, 3.05) is 39.9 Å². The summed E-state index contributed by atoms with van der Waals surface area (Å²) >= 11 is 0. The normalized spacial score (nSPS) is 12.0. The molecule has 0 rings (SSSR count). The molecule has 0 aliphatic heterocycles. The maximum atomic E-state index is 4.94. The topological polar surface area (TPSA) is 33.3 Å². The molecular formula is C11H26N2O. The second-order valence-corrected chi connectivity index (χ2v) is 4.44. The fourth-order valence-corrected chi connectivity index (χ4v) is 1.03. The van der Waals surface area contributed by atoms with Crippen molar-refractivity contribution < 1.29 is 4.74 Å². The molecule has 0 aromatic carbocycles. The van der Waals surface area contributed by atoms with E-state index in [2.05, 4.69) is 31.4 Å². The molecule has 0 fully saturated rings. The molecule has 0 aliphatic rings. The van der Waals surface area contributed by atoms with Crippen LogP contribution in [0.15, 0.2) is 0 Å². The Balaban J connectivity index is 3.13. The SMILES string of the molecule is CCC(C)(C)CNCCNCCOC. The summed E-state index contributed by atoms with van der Waals surface area (Å²) in [6.45, 7) is 11.7. The molecule has 0 saturated carbocycles. The zero-order valence-corrected chi connectivity index (χ0v) is 10.2. The first-order valence-electron chi connectivity index (χ1n) is 5.53. The number of methoxy groups -OCH3 is 1. The summed E-state index contributed by atoms with van der Waals surface area (Å²) in [6.07, 6.45) is 1.22. The predicted octanol–water partition coefficient (Wildman–Crippen LogP) is 1.25. The van der Waals surface area contributed by atoms with E-state index in [1.54, 1.807) is 7.11 Å². The Labute approximate surface area is 88.6 Å². The van der Waals surface area contributed by atoms with Crippen molar-refractivity contribution in [3.8, 4) is 0 Å². The van der Waals surface area contributed by atoms with Crippen LogP contribution in [0.3, 0.4) is 0 Å². The third-order valence-electron chi connectivity index (χ3n) is 2.52. The minimum atomic E-state index is 0.423. The van der Waals surface area contributed by atoms with Gasteiger partial charge >= 0.3 is 0 Å². The van der Waals surface area contributed by atoms with Gasteiger partial charge in [0.15, 0.2) is 0 Å². The molecule has 0 spiro atoms. The van der Waals surface area contributed by atoms with Gasteiger partial charge in [-0.2, -0.15) is 0 Å². The summed E-state index contributed by atoms with van der Waals surface area (Å²) in [5.74, 6) is 0. The van der Waals surface area contributed by atoms with Crippen LogP contribution in [0, 0.1) is 5.41 Å². The Morgan fingerprint density at radius 3 is 2.29 bits per heavy atom. The molecule has 0 aromatic rings. The molecule has 0 unspecified atom stereocenters. The quantitative estimate of drug-likeness (QED) is 0.552. The molecule has 3 heteroatoms. The van der Waals surface area contributed by atoms with Gasteiger partial charge in [-0.05, 0) is 11.8 Å². The first kappa shape index (κ1) is 13.9. The lowest BCUT2D eigenvalue weighted by atomic mass is 9.90. The Hall–Kier alpha value is -0.120. The molecular weight excluding hydrogens is 176 g/mol. The molecule has 86 valence electrons. The van der Waals surface area contributed by atoms with Gasteiger partial charge in [-0.15, -0.1) is 0 Å². The average Bonchev–Trinajstić information content (AvgIpc) is 2.16. The van der Waals surface area contributed by atoms with Gasteiger partial charge in [-0.1, -0.05) is 20.8 Å². The molecule has 0 heterocycles. The summed E-state index contributed by atoms with van der Waals surface area (Å²) in [6, 6.07) is 0. The van der Waals surface area contributed by atoms with Crippen molar-refractivity contribution in [2.24, 2.45) is 5.41 Å². The average molecular weight is 202 g/mol. The zero-order valence-electron chi connectivity index (χ0n) is 10.2. The monoisotopic (exact) mass is 202 g/mol. The standard InChI is InChI=1S/C11H26N2O/c1-5-11(2,3)10-13-7-6-12-8-9-14-4/h12-13H,5-10H2,1-4H3. The van der Waals surface area contributed by atoms with Crippen LogP contribution in [-0.4, -0.2) is 39.9 Å². The van der Waals surface area contributed by atoms with Crippen LogP contribution in [0.2, 0.25) is 0 Å². The van der Waals surface area contributed by atoms with Crippen LogP contribution in [0.4, 0.5) is 0 Å². The van der Waals surface area contributed by atoms with Crippen molar-refractivity contribution in [3.05, 3.63) is 0 Å². The Morgan fingerprint density at radius 1 is 1.07 bits per heavy atom. The highest BCUT2D eigenvalue weighted by Crippen LogP contribution is 2.17. The van der Waals surface area contributed by atoms with Crippen molar-refractivity contribution >= 4 is 0 Å². The van der Waals surface area contributed by atoms with Crippen LogP contribution in [0.1, 0.15) is 27.2 Å². The lowest BCUT2D eigenvalue weighted by Gasteiger charge is -2.22. The predicted molar refractivity (Wildman–Crippen MR) is 61.7 cm³/mol. The molecule has 14 heavy (non-hydrogen) atoms. The summed E-state index contributed by atoms with van der Waals surface area (Å²) in [7, 11) is 1.73. The van der Waals surface area contributed by atoms with E-state index in [1.165, 1.54) is 6.42 Å². The van der Waals surface area contributed by atoms with E-state index in [0.717, 1.165) is 32.8 Å². The number of hydrogen-bond donors (Lipinski definition) is 2. The summed E-state index contributed by atoms with van der Waals surface area (Å²) in [4.78, 5) is 0. The van der Waals surface area contributed by atoms with Crippen LogP contribution in [-0.2, 0) is 4.74 Å². The van der Waals surface area contributed by atoms with Crippen molar-refractivity contribution in [1.29, 1.82) is 0 Å². The molecule has 0 saturated heterocycles. The van der Waals surface area contributed by atoms with E-state index in [-0.39, 0.29) is 0 Å². The Bertz CT molecular complexity index is 126. The fourth-order valence-electron chi connectivity index (χ4n) is 1.03. The number of nitrogens with one attached hydrogen (secondary N) is 2. The number of hydrogen-bond acceptors (Lipinski definition) is 3. The summed E-state index contributed by atoms with van der Waals surface area (Å²) < 4.78 is 4.94. The molecule has 0 amide bonds. The highest BCUT2D eigenvalue weighted by Gasteiger charge is 2.13. The first-order valence-corrected chi connectivity index (χ1v) is 5.53. The second-order valence-electron chi connectivity index (χ2n) is 4.44. The van der Waals surface area contributed by atoms with Gasteiger partial charge in [0.2, 0.25) is 0 Å². The lowest BCUT2D eigenvalue weighted by Crippen LogP contribution is -2.34. The van der Waals surface area contributed by atoms with Crippen molar-refractivity contribution in [2.45, 2.75) is 27.2 Å². The molecule has 0 radical (unpaired) electrons. The van der Waals surface area contributed by atoms with Crippen molar-refractivity contribution in [1.82, 2.24) is 10.6 Å². The molecule has 0 atom stereocenters. The highest BCUT2D eigenvalue weighted by molar-refractivity contribution is 4.69. The van der Waals surface area contributed by atoms with Crippen LogP contribution in [0.5, 0.6) is 0 Å². The van der Waals surface area contributed by atoms with Crippen molar-refractivity contribution in [3.63, 3.8) is 0 Å². The maximum Gasteiger partial charge on any atom is 0.0587 e. The largest absolute Gasteiger partial charge is 0.383 e. The molecule has 0 aliphatic carbocycles. The second kappa shape index (κ2) is 8.21. The number of rotatable bonds is 9. The van der Waals surface area contributed by atoms with Gasteiger partial charge in [0.25, 0.3) is 0 Å². The van der Waals surface area contributed by atoms with E-state index in [1.807, 2.05) is 0 Å². The van der Waals surface area contributed by atoms with Crippen LogP contribution >= 0.6 is 0 Å². The smallest absolute Gasteiger partial charge is 0.0587 e. The van der Waals surface area contributed by atoms with Gasteiger partial charge in [-0.3, -0.25) is 0 Å². The van der Waals surface area contributed by atoms with Gasteiger partial charge < -0.3 is 15.4 Å². The van der Waals surface area contributed by atoms with E-state index in [9.17, 15) is 0 Å². The summed E-state index contributed by atoms with van der Waals surface area (Å²) in [5, 5.41) is 6.75. The molecule has 0 bridgehead atoms. The number of ether oxygens (including phenoxy) is 1. The highest BCUT2D eigenvalue weighted by atomic mass is 16.5. The lowest BCUT2D eigenvalue weighted by molar-refractivity contribution is 0.199. The third-order valence-corrected chi connectivity index (χ3v) is 2.52. The molecule has 0 aromatic heterocycles.